The highest BCUT2D eigenvalue weighted by Crippen LogP contribution is 2.29. The Morgan fingerprint density at radius 1 is 1.04 bits per heavy atom. The summed E-state index contributed by atoms with van der Waals surface area (Å²) < 4.78 is 26.0. The third-order valence-corrected chi connectivity index (χ3v) is 5.56. The minimum atomic E-state index is -3.92. The first kappa shape index (κ1) is 17.1. The van der Waals surface area contributed by atoms with Gasteiger partial charge in [0.25, 0.3) is 0 Å². The van der Waals surface area contributed by atoms with Crippen LogP contribution in [0.5, 0.6) is 0 Å². The van der Waals surface area contributed by atoms with E-state index in [1.807, 2.05) is 13.8 Å². The van der Waals surface area contributed by atoms with Gasteiger partial charge in [-0.2, -0.15) is 0 Å². The van der Waals surface area contributed by atoms with E-state index in [-0.39, 0.29) is 5.03 Å². The van der Waals surface area contributed by atoms with Crippen LogP contribution >= 0.6 is 0 Å². The van der Waals surface area contributed by atoms with Gasteiger partial charge < -0.3 is 4.90 Å². The maximum atomic E-state index is 13.0. The fourth-order valence-corrected chi connectivity index (χ4v) is 4.07. The molecule has 0 N–H and O–H groups in total. The Labute approximate surface area is 136 Å². The van der Waals surface area contributed by atoms with Gasteiger partial charge in [-0.25, -0.2) is 13.4 Å². The molecular formula is C17H20N2O3S. The largest absolute Gasteiger partial charge is 0.342 e. The van der Waals surface area contributed by atoms with Crippen molar-refractivity contribution in [3.63, 3.8) is 0 Å². The van der Waals surface area contributed by atoms with Crippen LogP contribution in [0, 0.1) is 0 Å². The lowest BCUT2D eigenvalue weighted by Crippen LogP contribution is -2.38. The van der Waals surface area contributed by atoms with Gasteiger partial charge in [0.05, 0.1) is 0 Å². The zero-order valence-electron chi connectivity index (χ0n) is 13.2. The molecule has 1 aromatic heterocycles. The van der Waals surface area contributed by atoms with Crippen molar-refractivity contribution < 1.29 is 13.2 Å². The topological polar surface area (TPSA) is 67.3 Å². The van der Waals surface area contributed by atoms with Crippen LogP contribution in [0.3, 0.4) is 0 Å². The lowest BCUT2D eigenvalue weighted by Gasteiger charge is -2.25. The summed E-state index contributed by atoms with van der Waals surface area (Å²) >= 11 is 0. The molecule has 2 rings (SSSR count). The summed E-state index contributed by atoms with van der Waals surface area (Å²) in [5.74, 6) is -0.424. The Morgan fingerprint density at radius 3 is 2.17 bits per heavy atom. The molecule has 1 aromatic carbocycles. The van der Waals surface area contributed by atoms with E-state index >= 15 is 0 Å². The zero-order valence-corrected chi connectivity index (χ0v) is 14.0. The van der Waals surface area contributed by atoms with E-state index in [1.165, 1.54) is 17.2 Å². The summed E-state index contributed by atoms with van der Waals surface area (Å²) in [6, 6.07) is 13.2. The molecular weight excluding hydrogens is 312 g/mol. The molecule has 1 amide bonds. The summed E-state index contributed by atoms with van der Waals surface area (Å²) in [4.78, 5) is 18.3. The number of likely N-dealkylation sites (N-methyl/N-ethyl adjacent to an activating group) is 1. The molecule has 0 saturated heterocycles. The van der Waals surface area contributed by atoms with Gasteiger partial charge in [0.2, 0.25) is 15.7 Å². The predicted molar refractivity (Wildman–Crippen MR) is 88.5 cm³/mol. The van der Waals surface area contributed by atoms with Gasteiger partial charge in [-0.3, -0.25) is 4.79 Å². The minimum Gasteiger partial charge on any atom is -0.342 e. The monoisotopic (exact) mass is 332 g/mol. The van der Waals surface area contributed by atoms with Crippen LogP contribution in [0.15, 0.2) is 59.8 Å². The molecule has 0 aliphatic rings. The molecule has 0 aliphatic heterocycles. The Balaban J connectivity index is 2.57. The number of rotatable bonds is 6. The molecule has 0 fully saturated rings. The van der Waals surface area contributed by atoms with Crippen molar-refractivity contribution >= 4 is 15.7 Å². The molecule has 0 unspecified atom stereocenters. The van der Waals surface area contributed by atoms with Crippen LogP contribution in [0.2, 0.25) is 0 Å². The number of carbonyl (C=O) groups excluding carboxylic acids is 1. The fraction of sp³-hybridized carbons (Fsp3) is 0.294. The lowest BCUT2D eigenvalue weighted by molar-refractivity contribution is -0.130. The number of sulfone groups is 1. The number of benzene rings is 1. The Hall–Kier alpha value is -2.21. The van der Waals surface area contributed by atoms with E-state index in [9.17, 15) is 13.2 Å². The van der Waals surface area contributed by atoms with Crippen LogP contribution in [-0.4, -0.2) is 37.3 Å². The lowest BCUT2D eigenvalue weighted by atomic mass is 10.1. The average Bonchev–Trinajstić information content (AvgIpc) is 2.58. The molecule has 5 nitrogen and oxygen atoms in total. The number of hydrogen-bond donors (Lipinski definition) is 0. The van der Waals surface area contributed by atoms with Crippen molar-refractivity contribution in [2.45, 2.75) is 24.1 Å². The van der Waals surface area contributed by atoms with E-state index in [0.29, 0.717) is 18.7 Å². The second kappa shape index (κ2) is 7.37. The van der Waals surface area contributed by atoms with Crippen LogP contribution in [0.4, 0.5) is 0 Å². The maximum Gasteiger partial charge on any atom is 0.245 e. The predicted octanol–water partition coefficient (Wildman–Crippen LogP) is 2.47. The van der Waals surface area contributed by atoms with E-state index in [4.69, 9.17) is 0 Å². The first-order valence-corrected chi connectivity index (χ1v) is 9.05. The van der Waals surface area contributed by atoms with Gasteiger partial charge in [-0.15, -0.1) is 0 Å². The highest BCUT2D eigenvalue weighted by molar-refractivity contribution is 7.92. The second-order valence-corrected chi connectivity index (χ2v) is 6.99. The summed E-state index contributed by atoms with van der Waals surface area (Å²) in [5.41, 5.74) is 0.454. The molecule has 0 saturated carbocycles. The van der Waals surface area contributed by atoms with Gasteiger partial charge in [-0.05, 0) is 31.5 Å². The molecule has 1 heterocycles. The van der Waals surface area contributed by atoms with Gasteiger partial charge in [-0.1, -0.05) is 36.4 Å². The molecule has 0 bridgehead atoms. The number of amides is 1. The van der Waals surface area contributed by atoms with Crippen LogP contribution < -0.4 is 0 Å². The fourth-order valence-electron chi connectivity index (χ4n) is 2.42. The number of nitrogens with zero attached hydrogens (tertiary/aromatic N) is 2. The standard InChI is InChI=1S/C17H20N2O3S/c1-3-19(4-2)17(20)16(14-10-6-5-7-11-14)23(21,22)15-12-8-9-13-18-15/h5-13,16H,3-4H2,1-2H3/t16-/m1/s1. The van der Waals surface area contributed by atoms with Crippen molar-refractivity contribution in [3.05, 3.63) is 60.3 Å². The smallest absolute Gasteiger partial charge is 0.245 e. The van der Waals surface area contributed by atoms with Crippen molar-refractivity contribution in [1.82, 2.24) is 9.88 Å². The molecule has 122 valence electrons. The third-order valence-electron chi connectivity index (χ3n) is 3.64. The normalized spacial score (nSPS) is 12.6. The summed E-state index contributed by atoms with van der Waals surface area (Å²) in [6.45, 7) is 4.57. The highest BCUT2D eigenvalue weighted by atomic mass is 32.2. The molecule has 0 aliphatic carbocycles. The van der Waals surface area contributed by atoms with E-state index in [0.717, 1.165) is 0 Å². The number of hydrogen-bond acceptors (Lipinski definition) is 4. The van der Waals surface area contributed by atoms with E-state index < -0.39 is 21.0 Å². The maximum absolute atomic E-state index is 13.0. The average molecular weight is 332 g/mol. The van der Waals surface area contributed by atoms with Gasteiger partial charge >= 0.3 is 0 Å². The van der Waals surface area contributed by atoms with Gasteiger partial charge in [0.15, 0.2) is 10.3 Å². The SMILES string of the molecule is CCN(CC)C(=O)[C@@H](c1ccccc1)S(=O)(=O)c1ccccn1. The third kappa shape index (κ3) is 3.59. The van der Waals surface area contributed by atoms with Crippen molar-refractivity contribution in [2.24, 2.45) is 0 Å². The van der Waals surface area contributed by atoms with Gasteiger partial charge in [0, 0.05) is 19.3 Å². The van der Waals surface area contributed by atoms with Gasteiger partial charge in [0.1, 0.15) is 0 Å². The zero-order chi connectivity index (χ0) is 16.9. The Morgan fingerprint density at radius 2 is 1.65 bits per heavy atom. The van der Waals surface area contributed by atoms with Crippen LogP contribution in [0.1, 0.15) is 24.7 Å². The minimum absolute atomic E-state index is 0.0886. The molecule has 2 aromatic rings. The molecule has 0 spiro atoms. The van der Waals surface area contributed by atoms with Crippen LogP contribution in [0.25, 0.3) is 0 Å². The quantitative estimate of drug-likeness (QED) is 0.815. The first-order valence-electron chi connectivity index (χ1n) is 7.51. The van der Waals surface area contributed by atoms with Crippen molar-refractivity contribution in [2.75, 3.05) is 13.1 Å². The van der Waals surface area contributed by atoms with Crippen molar-refractivity contribution in [3.8, 4) is 0 Å². The summed E-state index contributed by atoms with van der Waals surface area (Å²) in [6.07, 6.45) is 1.41. The number of aromatic nitrogens is 1. The molecule has 0 radical (unpaired) electrons. The van der Waals surface area contributed by atoms with Crippen molar-refractivity contribution in [1.29, 1.82) is 0 Å². The number of pyridine rings is 1. The summed E-state index contributed by atoms with van der Waals surface area (Å²) in [7, 11) is -3.92. The van der Waals surface area contributed by atoms with Crippen LogP contribution in [-0.2, 0) is 14.6 Å². The Bertz CT molecular complexity index is 742. The first-order chi connectivity index (χ1) is 11.0. The van der Waals surface area contributed by atoms with E-state index in [2.05, 4.69) is 4.98 Å². The molecule has 1 atom stereocenters. The molecule has 6 heteroatoms. The second-order valence-electron chi connectivity index (χ2n) is 5.01. The van der Waals surface area contributed by atoms with E-state index in [1.54, 1.807) is 42.5 Å². The Kier molecular flexibility index (Phi) is 5.50. The summed E-state index contributed by atoms with van der Waals surface area (Å²) in [5, 5.41) is -1.37. The molecule has 23 heavy (non-hydrogen) atoms. The number of carbonyl (C=O) groups is 1. The highest BCUT2D eigenvalue weighted by Gasteiger charge is 2.38.